The lowest BCUT2D eigenvalue weighted by atomic mass is 10.3. The second kappa shape index (κ2) is 4.50. The Morgan fingerprint density at radius 3 is 2.73 bits per heavy atom. The average Bonchev–Trinajstić information content (AvgIpc) is 2.16. The van der Waals surface area contributed by atoms with Crippen LogP contribution < -0.4 is 4.74 Å². The predicted octanol–water partition coefficient (Wildman–Crippen LogP) is 1.77. The lowest BCUT2D eigenvalue weighted by Crippen LogP contribution is -2.08. The number of nitrogens with zero attached hydrogens (tertiary/aromatic N) is 2. The molecule has 6 heteroatoms. The van der Waals surface area contributed by atoms with Crippen LogP contribution in [0.25, 0.3) is 0 Å². The van der Waals surface area contributed by atoms with Gasteiger partial charge in [-0.25, -0.2) is 0 Å². The molecule has 0 bridgehead atoms. The number of pyridine rings is 1. The third-order valence-corrected chi connectivity index (χ3v) is 1.56. The summed E-state index contributed by atoms with van der Waals surface area (Å²) in [6.07, 6.45) is 0.799. The normalized spacial score (nSPS) is 10.1. The highest BCUT2D eigenvalue weighted by atomic mass is 16.6. The van der Waals surface area contributed by atoms with E-state index in [9.17, 15) is 10.1 Å². The van der Waals surface area contributed by atoms with E-state index in [1.807, 2.05) is 0 Å². The number of nitro groups is 1. The summed E-state index contributed by atoms with van der Waals surface area (Å²) < 4.78 is 5.21. The van der Waals surface area contributed by atoms with Gasteiger partial charge in [-0.15, -0.1) is 0 Å². The molecule has 0 aliphatic heterocycles. The third-order valence-electron chi connectivity index (χ3n) is 1.56. The number of aromatic nitrogens is 1. The summed E-state index contributed by atoms with van der Waals surface area (Å²) in [5.41, 5.74) is 0.163. The first-order valence-corrected chi connectivity index (χ1v) is 4.37. The molecule has 0 saturated heterocycles. The maximum Gasteiger partial charge on any atom is 0.376 e. The molecule has 15 heavy (non-hydrogen) atoms. The predicted molar refractivity (Wildman–Crippen MR) is 54.5 cm³/mol. The van der Waals surface area contributed by atoms with E-state index in [0.717, 1.165) is 6.21 Å². The van der Waals surface area contributed by atoms with Crippen molar-refractivity contribution in [2.45, 2.75) is 20.0 Å². The highest BCUT2D eigenvalue weighted by Crippen LogP contribution is 2.18. The summed E-state index contributed by atoms with van der Waals surface area (Å²) in [4.78, 5) is 13.7. The molecule has 0 spiro atoms. The van der Waals surface area contributed by atoms with E-state index in [-0.39, 0.29) is 23.4 Å². The van der Waals surface area contributed by atoms with E-state index in [2.05, 4.69) is 4.98 Å². The van der Waals surface area contributed by atoms with Crippen LogP contribution in [0.5, 0.6) is 5.88 Å². The van der Waals surface area contributed by atoms with E-state index >= 15 is 0 Å². The maximum absolute atomic E-state index is 10.6. The standard InChI is InChI=1S/C9H11N3O3/c1-6(2)15-8-4-3-7(5-10)9(11-8)12(13)14/h3-6,10H,1-2H3. The molecule has 0 radical (unpaired) electrons. The fraction of sp³-hybridized carbons (Fsp3) is 0.333. The number of ether oxygens (including phenoxy) is 1. The minimum absolute atomic E-state index is 0.0945. The van der Waals surface area contributed by atoms with Gasteiger partial charge < -0.3 is 20.3 Å². The van der Waals surface area contributed by atoms with Gasteiger partial charge in [-0.1, -0.05) is 0 Å². The second-order valence-electron chi connectivity index (χ2n) is 3.13. The lowest BCUT2D eigenvalue weighted by Gasteiger charge is -2.05. The summed E-state index contributed by atoms with van der Waals surface area (Å²) in [5, 5.41) is 17.6. The van der Waals surface area contributed by atoms with Gasteiger partial charge in [-0.05, 0) is 24.8 Å². The zero-order chi connectivity index (χ0) is 11.4. The molecule has 1 heterocycles. The first kappa shape index (κ1) is 11.1. The molecule has 0 fully saturated rings. The molecule has 1 rings (SSSR count). The van der Waals surface area contributed by atoms with E-state index in [1.165, 1.54) is 12.1 Å². The van der Waals surface area contributed by atoms with Crippen molar-refractivity contribution in [3.8, 4) is 5.88 Å². The van der Waals surface area contributed by atoms with Crippen molar-refractivity contribution in [1.29, 1.82) is 5.41 Å². The Kier molecular flexibility index (Phi) is 3.33. The van der Waals surface area contributed by atoms with Crippen molar-refractivity contribution in [2.24, 2.45) is 0 Å². The quantitative estimate of drug-likeness (QED) is 0.465. The van der Waals surface area contributed by atoms with Crippen molar-refractivity contribution in [2.75, 3.05) is 0 Å². The van der Waals surface area contributed by atoms with Crippen LogP contribution in [0.2, 0.25) is 0 Å². The number of nitrogens with one attached hydrogen (secondary N) is 1. The summed E-state index contributed by atoms with van der Waals surface area (Å²) in [7, 11) is 0. The Hall–Kier alpha value is -1.98. The summed E-state index contributed by atoms with van der Waals surface area (Å²) >= 11 is 0. The van der Waals surface area contributed by atoms with Crippen molar-refractivity contribution < 1.29 is 9.66 Å². The smallest absolute Gasteiger partial charge is 0.376 e. The Bertz CT molecular complexity index is 390. The monoisotopic (exact) mass is 209 g/mol. The van der Waals surface area contributed by atoms with Crippen molar-refractivity contribution in [1.82, 2.24) is 4.98 Å². The molecule has 0 saturated carbocycles. The summed E-state index contributed by atoms with van der Waals surface area (Å²) in [6, 6.07) is 2.95. The van der Waals surface area contributed by atoms with Crippen LogP contribution in [0.15, 0.2) is 12.1 Å². The largest absolute Gasteiger partial charge is 0.457 e. The molecular formula is C9H11N3O3. The Labute approximate surface area is 86.6 Å². The second-order valence-corrected chi connectivity index (χ2v) is 3.13. The SMILES string of the molecule is CC(C)Oc1ccc(C=N)c([N+](=O)[O-])n1. The zero-order valence-corrected chi connectivity index (χ0v) is 8.43. The average molecular weight is 209 g/mol. The van der Waals surface area contributed by atoms with Gasteiger partial charge in [0, 0.05) is 17.3 Å². The lowest BCUT2D eigenvalue weighted by molar-refractivity contribution is -0.389. The molecule has 6 nitrogen and oxygen atoms in total. The van der Waals surface area contributed by atoms with Gasteiger partial charge in [0.05, 0.1) is 11.7 Å². The van der Waals surface area contributed by atoms with Gasteiger partial charge in [0.2, 0.25) is 0 Å². The van der Waals surface area contributed by atoms with Gasteiger partial charge in [0.1, 0.15) is 0 Å². The molecule has 0 amide bonds. The van der Waals surface area contributed by atoms with Gasteiger partial charge >= 0.3 is 11.7 Å². The number of rotatable bonds is 4. The van der Waals surface area contributed by atoms with Gasteiger partial charge in [0.25, 0.3) is 0 Å². The zero-order valence-electron chi connectivity index (χ0n) is 8.43. The third kappa shape index (κ3) is 2.73. The van der Waals surface area contributed by atoms with Crippen LogP contribution >= 0.6 is 0 Å². The van der Waals surface area contributed by atoms with Crippen LogP contribution in [-0.4, -0.2) is 22.2 Å². The Balaban J connectivity index is 3.10. The molecule has 1 N–H and O–H groups in total. The molecule has 0 atom stereocenters. The van der Waals surface area contributed by atoms with E-state index in [1.54, 1.807) is 13.8 Å². The first-order valence-electron chi connectivity index (χ1n) is 4.37. The molecule has 1 aromatic heterocycles. The fourth-order valence-electron chi connectivity index (χ4n) is 1.01. The van der Waals surface area contributed by atoms with Gasteiger partial charge in [-0.2, -0.15) is 0 Å². The molecule has 0 aliphatic rings. The van der Waals surface area contributed by atoms with E-state index in [4.69, 9.17) is 10.1 Å². The van der Waals surface area contributed by atoms with Crippen LogP contribution in [-0.2, 0) is 0 Å². The van der Waals surface area contributed by atoms with Crippen LogP contribution in [0.4, 0.5) is 5.82 Å². The molecule has 80 valence electrons. The van der Waals surface area contributed by atoms with E-state index in [0.29, 0.717) is 0 Å². The maximum atomic E-state index is 10.6. The van der Waals surface area contributed by atoms with Crippen molar-refractivity contribution >= 4 is 12.0 Å². The fourth-order valence-corrected chi connectivity index (χ4v) is 1.01. The summed E-state index contributed by atoms with van der Waals surface area (Å²) in [5.74, 6) is -0.162. The van der Waals surface area contributed by atoms with Gasteiger partial charge in [0.15, 0.2) is 0 Å². The minimum Gasteiger partial charge on any atom is -0.457 e. The molecule has 0 aromatic carbocycles. The Morgan fingerprint density at radius 1 is 1.60 bits per heavy atom. The van der Waals surface area contributed by atoms with Gasteiger partial charge in [-0.3, -0.25) is 0 Å². The van der Waals surface area contributed by atoms with Crippen molar-refractivity contribution in [3.05, 3.63) is 27.8 Å². The topological polar surface area (TPSA) is 89.1 Å². The number of hydrogen-bond donors (Lipinski definition) is 1. The minimum atomic E-state index is -0.631. The molecule has 1 aromatic rings. The Morgan fingerprint density at radius 2 is 2.27 bits per heavy atom. The van der Waals surface area contributed by atoms with Crippen LogP contribution in [0.3, 0.4) is 0 Å². The highest BCUT2D eigenvalue weighted by Gasteiger charge is 2.17. The van der Waals surface area contributed by atoms with Crippen LogP contribution in [0.1, 0.15) is 19.4 Å². The molecule has 0 unspecified atom stereocenters. The van der Waals surface area contributed by atoms with Crippen LogP contribution in [0, 0.1) is 15.5 Å². The molecule has 0 aliphatic carbocycles. The first-order chi connectivity index (χ1) is 7.04. The summed E-state index contributed by atoms with van der Waals surface area (Å²) in [6.45, 7) is 3.61. The van der Waals surface area contributed by atoms with Crippen molar-refractivity contribution in [3.63, 3.8) is 0 Å². The highest BCUT2D eigenvalue weighted by molar-refractivity contribution is 5.81. The van der Waals surface area contributed by atoms with E-state index < -0.39 is 4.92 Å². The number of hydrogen-bond acceptors (Lipinski definition) is 5. The molecular weight excluding hydrogens is 198 g/mol.